The molecule has 0 saturated carbocycles. The Hall–Kier alpha value is -1.77. The van der Waals surface area contributed by atoms with Gasteiger partial charge in [0.05, 0.1) is 37.7 Å². The van der Waals surface area contributed by atoms with Crippen LogP contribution in [0.1, 0.15) is 0 Å². The molecule has 2 aromatic heterocycles. The molecule has 3 heterocycles. The Morgan fingerprint density at radius 1 is 1.22 bits per heavy atom. The Labute approximate surface area is 165 Å². The lowest BCUT2D eigenvalue weighted by Crippen LogP contribution is -2.42. The number of β-amino-alcohol motifs (C(OH)–C–C–N with tert-alkyl or cyclic N) is 1. The van der Waals surface area contributed by atoms with Gasteiger partial charge in [-0.1, -0.05) is 23.7 Å². The molecule has 1 N–H and O–H groups in total. The third-order valence-corrected chi connectivity index (χ3v) is 6.03. The van der Waals surface area contributed by atoms with Gasteiger partial charge >= 0.3 is 0 Å². The molecule has 1 fully saturated rings. The summed E-state index contributed by atoms with van der Waals surface area (Å²) in [4.78, 5) is 20.3. The van der Waals surface area contributed by atoms with Gasteiger partial charge in [0.15, 0.2) is 0 Å². The van der Waals surface area contributed by atoms with Crippen molar-refractivity contribution in [3.63, 3.8) is 0 Å². The largest absolute Gasteiger partial charge is 0.390 e. The lowest BCUT2D eigenvalue weighted by atomic mass is 10.2. The van der Waals surface area contributed by atoms with Gasteiger partial charge < -0.3 is 9.84 Å². The number of hydrogen-bond donors (Lipinski definition) is 1. The molecule has 0 aliphatic carbocycles. The second-order valence-electron chi connectivity index (χ2n) is 6.60. The quantitative estimate of drug-likeness (QED) is 0.706. The number of nitrogens with zero attached hydrogens (tertiary/aromatic N) is 3. The Balaban J connectivity index is 1.54. The molecular weight excluding hydrogens is 386 g/mol. The number of hydrogen-bond acceptors (Lipinski definition) is 6. The number of morpholine rings is 1. The fourth-order valence-corrected chi connectivity index (χ4v) is 4.39. The minimum Gasteiger partial charge on any atom is -0.390 e. The predicted octanol–water partition coefficient (Wildman–Crippen LogP) is 2.47. The van der Waals surface area contributed by atoms with Gasteiger partial charge in [0.1, 0.15) is 4.70 Å². The molecule has 0 spiro atoms. The van der Waals surface area contributed by atoms with Gasteiger partial charge in [-0.05, 0) is 23.8 Å². The van der Waals surface area contributed by atoms with Crippen LogP contribution < -0.4 is 5.56 Å². The number of halogens is 1. The molecule has 8 heteroatoms. The molecule has 1 aliphatic heterocycles. The molecule has 27 heavy (non-hydrogen) atoms. The number of aliphatic hydroxyl groups excluding tert-OH is 1. The monoisotopic (exact) mass is 405 g/mol. The smallest absolute Gasteiger partial charge is 0.271 e. The first-order valence-electron chi connectivity index (χ1n) is 8.83. The first kappa shape index (κ1) is 18.6. The number of ether oxygens (including phenoxy) is 1. The molecular formula is C19H20ClN3O3S. The third-order valence-electron chi connectivity index (χ3n) is 4.61. The van der Waals surface area contributed by atoms with Gasteiger partial charge in [-0.2, -0.15) is 0 Å². The molecule has 0 bridgehead atoms. The van der Waals surface area contributed by atoms with Gasteiger partial charge in [-0.15, -0.1) is 11.3 Å². The SMILES string of the molecule is O=c1c2sc(-c3ccc(Cl)cc3)cc2ncn1CC(O)CN1CCOCC1. The molecule has 1 aromatic carbocycles. The normalized spacial score (nSPS) is 16.7. The van der Waals surface area contributed by atoms with Gasteiger partial charge in [0.25, 0.3) is 5.56 Å². The summed E-state index contributed by atoms with van der Waals surface area (Å²) in [5, 5.41) is 11.1. The van der Waals surface area contributed by atoms with Crippen LogP contribution in [-0.2, 0) is 11.3 Å². The van der Waals surface area contributed by atoms with Crippen molar-refractivity contribution in [1.29, 1.82) is 0 Å². The molecule has 1 aliphatic rings. The van der Waals surface area contributed by atoms with E-state index in [1.54, 1.807) is 0 Å². The van der Waals surface area contributed by atoms with Crippen LogP contribution in [0.15, 0.2) is 41.5 Å². The van der Waals surface area contributed by atoms with Gasteiger partial charge in [-0.3, -0.25) is 14.3 Å². The lowest BCUT2D eigenvalue weighted by Gasteiger charge is -2.28. The van der Waals surface area contributed by atoms with Crippen LogP contribution in [0.25, 0.3) is 20.7 Å². The molecule has 6 nitrogen and oxygen atoms in total. The summed E-state index contributed by atoms with van der Waals surface area (Å²) in [6.07, 6.45) is 0.890. The summed E-state index contributed by atoms with van der Waals surface area (Å²) in [5.41, 5.74) is 1.56. The highest BCUT2D eigenvalue weighted by molar-refractivity contribution is 7.22. The van der Waals surface area contributed by atoms with Crippen LogP contribution in [0.5, 0.6) is 0 Å². The first-order valence-corrected chi connectivity index (χ1v) is 10.0. The van der Waals surface area contributed by atoms with Crippen molar-refractivity contribution < 1.29 is 9.84 Å². The number of aromatic nitrogens is 2. The highest BCUT2D eigenvalue weighted by atomic mass is 35.5. The summed E-state index contributed by atoms with van der Waals surface area (Å²) < 4.78 is 7.41. The maximum atomic E-state index is 12.8. The van der Waals surface area contributed by atoms with E-state index < -0.39 is 6.10 Å². The van der Waals surface area contributed by atoms with E-state index in [4.69, 9.17) is 16.3 Å². The zero-order valence-corrected chi connectivity index (χ0v) is 16.2. The van der Waals surface area contributed by atoms with Crippen molar-refractivity contribution >= 4 is 33.2 Å². The van der Waals surface area contributed by atoms with Crippen LogP contribution in [0.2, 0.25) is 5.02 Å². The number of fused-ring (bicyclic) bond motifs is 1. The summed E-state index contributed by atoms with van der Waals surface area (Å²) in [7, 11) is 0. The fourth-order valence-electron chi connectivity index (χ4n) is 3.20. The van der Waals surface area contributed by atoms with Crippen LogP contribution in [-0.4, -0.2) is 58.5 Å². The third kappa shape index (κ3) is 4.23. The van der Waals surface area contributed by atoms with E-state index >= 15 is 0 Å². The van der Waals surface area contributed by atoms with Crippen LogP contribution in [0.3, 0.4) is 0 Å². The van der Waals surface area contributed by atoms with E-state index in [-0.39, 0.29) is 12.1 Å². The highest BCUT2D eigenvalue weighted by Gasteiger charge is 2.17. The molecule has 1 unspecified atom stereocenters. The van der Waals surface area contributed by atoms with Crippen molar-refractivity contribution in [3.05, 3.63) is 52.0 Å². The fraction of sp³-hybridized carbons (Fsp3) is 0.368. The molecule has 3 aromatic rings. The summed E-state index contributed by atoms with van der Waals surface area (Å²) in [6, 6.07) is 9.43. The predicted molar refractivity (Wildman–Crippen MR) is 108 cm³/mol. The maximum absolute atomic E-state index is 12.8. The number of thiophene rings is 1. The average molecular weight is 406 g/mol. The van der Waals surface area contributed by atoms with Crippen LogP contribution in [0.4, 0.5) is 0 Å². The second-order valence-corrected chi connectivity index (χ2v) is 8.09. The molecule has 4 rings (SSSR count). The number of benzene rings is 1. The topological polar surface area (TPSA) is 67.6 Å². The van der Waals surface area contributed by atoms with Gasteiger partial charge in [0, 0.05) is 29.5 Å². The summed E-state index contributed by atoms with van der Waals surface area (Å²) in [6.45, 7) is 3.73. The summed E-state index contributed by atoms with van der Waals surface area (Å²) in [5.74, 6) is 0. The number of aliphatic hydroxyl groups is 1. The summed E-state index contributed by atoms with van der Waals surface area (Å²) >= 11 is 7.36. The van der Waals surface area contributed by atoms with Gasteiger partial charge in [0.2, 0.25) is 0 Å². The van der Waals surface area contributed by atoms with E-state index in [9.17, 15) is 9.90 Å². The van der Waals surface area contributed by atoms with Crippen LogP contribution in [0, 0.1) is 0 Å². The molecule has 1 saturated heterocycles. The molecule has 142 valence electrons. The van der Waals surface area contributed by atoms with Crippen molar-refractivity contribution in [2.75, 3.05) is 32.8 Å². The van der Waals surface area contributed by atoms with Crippen molar-refractivity contribution in [2.24, 2.45) is 0 Å². The van der Waals surface area contributed by atoms with Crippen molar-refractivity contribution in [1.82, 2.24) is 14.5 Å². The van der Waals surface area contributed by atoms with Crippen LogP contribution >= 0.6 is 22.9 Å². The van der Waals surface area contributed by atoms with Gasteiger partial charge in [-0.25, -0.2) is 4.98 Å². The second kappa shape index (κ2) is 8.08. The van der Waals surface area contributed by atoms with E-state index in [1.807, 2.05) is 30.3 Å². The Morgan fingerprint density at radius 2 is 1.96 bits per heavy atom. The van der Waals surface area contributed by atoms with Crippen molar-refractivity contribution in [2.45, 2.75) is 12.6 Å². The minimum absolute atomic E-state index is 0.119. The Morgan fingerprint density at radius 3 is 2.70 bits per heavy atom. The number of rotatable bonds is 5. The van der Waals surface area contributed by atoms with E-state index in [2.05, 4.69) is 9.88 Å². The first-order chi connectivity index (χ1) is 13.1. The Kier molecular flexibility index (Phi) is 5.56. The van der Waals surface area contributed by atoms with E-state index in [0.717, 1.165) is 23.5 Å². The molecule has 0 amide bonds. The standard InChI is InChI=1S/C19H20ClN3O3S/c20-14-3-1-13(2-4-14)17-9-16-18(27-17)19(25)23(12-21-16)11-15(24)10-22-5-7-26-8-6-22/h1-4,9,12,15,24H,5-8,10-11H2. The zero-order valence-electron chi connectivity index (χ0n) is 14.7. The zero-order chi connectivity index (χ0) is 18.8. The molecule has 1 atom stereocenters. The minimum atomic E-state index is -0.629. The molecule has 0 radical (unpaired) electrons. The Bertz CT molecular complexity index is 980. The highest BCUT2D eigenvalue weighted by Crippen LogP contribution is 2.31. The van der Waals surface area contributed by atoms with E-state index in [1.165, 1.54) is 22.2 Å². The van der Waals surface area contributed by atoms with E-state index in [0.29, 0.717) is 35.0 Å². The lowest BCUT2D eigenvalue weighted by molar-refractivity contribution is 0.0113. The van der Waals surface area contributed by atoms with Crippen molar-refractivity contribution in [3.8, 4) is 10.4 Å². The maximum Gasteiger partial charge on any atom is 0.271 e. The average Bonchev–Trinajstić information content (AvgIpc) is 3.10.